The Hall–Kier alpha value is -2.70. The van der Waals surface area contributed by atoms with Gasteiger partial charge in [0.1, 0.15) is 5.69 Å². The Morgan fingerprint density at radius 3 is 2.29 bits per heavy atom. The summed E-state index contributed by atoms with van der Waals surface area (Å²) in [4.78, 5) is 40.9. The van der Waals surface area contributed by atoms with E-state index in [1.807, 2.05) is 12.2 Å². The summed E-state index contributed by atoms with van der Waals surface area (Å²) in [5, 5.41) is 12.0. The SMILES string of the molecule is CC1(C)CC2CC(C)(CN2c2ccc(N3C(=O)C4CC=CCC4C3=O)cc2[N+](=O)[O-])C1. The van der Waals surface area contributed by atoms with Gasteiger partial charge in [0.05, 0.1) is 22.4 Å². The van der Waals surface area contributed by atoms with Crippen LogP contribution in [0.3, 0.4) is 0 Å². The first kappa shape index (κ1) is 20.2. The summed E-state index contributed by atoms with van der Waals surface area (Å²) >= 11 is 0. The van der Waals surface area contributed by atoms with Gasteiger partial charge in [-0.2, -0.15) is 0 Å². The maximum absolute atomic E-state index is 12.9. The van der Waals surface area contributed by atoms with Crippen molar-refractivity contribution in [3.8, 4) is 0 Å². The van der Waals surface area contributed by atoms with Gasteiger partial charge in [0.25, 0.3) is 5.69 Å². The molecule has 1 saturated carbocycles. The van der Waals surface area contributed by atoms with Crippen molar-refractivity contribution in [3.63, 3.8) is 0 Å². The number of hydrogen-bond donors (Lipinski definition) is 0. The molecule has 1 aromatic carbocycles. The molecule has 4 unspecified atom stereocenters. The van der Waals surface area contributed by atoms with Gasteiger partial charge in [0.2, 0.25) is 11.8 Å². The Balaban J connectivity index is 1.51. The van der Waals surface area contributed by atoms with Crippen LogP contribution in [0.25, 0.3) is 0 Å². The number of rotatable bonds is 3. The lowest BCUT2D eigenvalue weighted by Gasteiger charge is -2.39. The van der Waals surface area contributed by atoms with Gasteiger partial charge in [0, 0.05) is 18.7 Å². The molecule has 7 nitrogen and oxygen atoms in total. The van der Waals surface area contributed by atoms with Crippen LogP contribution in [0.4, 0.5) is 17.1 Å². The molecule has 31 heavy (non-hydrogen) atoms. The normalized spacial score (nSPS) is 33.7. The second-order valence-corrected chi connectivity index (χ2v) is 10.9. The Labute approximate surface area is 182 Å². The highest BCUT2D eigenvalue weighted by atomic mass is 16.6. The highest BCUT2D eigenvalue weighted by Crippen LogP contribution is 2.54. The number of nitro benzene ring substituents is 1. The average molecular weight is 424 g/mol. The molecule has 2 saturated heterocycles. The van der Waals surface area contributed by atoms with Crippen LogP contribution in [0, 0.1) is 32.8 Å². The topological polar surface area (TPSA) is 83.8 Å². The van der Waals surface area contributed by atoms with E-state index in [-0.39, 0.29) is 51.1 Å². The standard InChI is InChI=1S/C24H29N3O4/c1-23(2)11-16-12-24(3,13-23)14-25(16)19-9-8-15(10-20(19)27(30)31)26-21(28)17-6-4-5-7-18(17)22(26)29/h4-5,8-10,16-18H,6-7,11-14H2,1-3H3. The van der Waals surface area contributed by atoms with Crippen LogP contribution in [-0.4, -0.2) is 29.3 Å². The van der Waals surface area contributed by atoms with Crippen molar-refractivity contribution in [3.05, 3.63) is 40.5 Å². The molecule has 7 heteroatoms. The number of amides is 2. The van der Waals surface area contributed by atoms with Gasteiger partial charge < -0.3 is 4.90 Å². The highest BCUT2D eigenvalue weighted by molar-refractivity contribution is 6.22. The Morgan fingerprint density at radius 1 is 1.03 bits per heavy atom. The van der Waals surface area contributed by atoms with Gasteiger partial charge in [-0.05, 0) is 55.1 Å². The summed E-state index contributed by atoms with van der Waals surface area (Å²) in [6.07, 6.45) is 8.12. The van der Waals surface area contributed by atoms with E-state index < -0.39 is 0 Å². The third-order valence-corrected chi connectivity index (χ3v) is 7.65. The van der Waals surface area contributed by atoms with Crippen LogP contribution in [0.15, 0.2) is 30.4 Å². The number of hydrogen-bond acceptors (Lipinski definition) is 5. The molecule has 1 aromatic rings. The number of nitrogens with zero attached hydrogens (tertiary/aromatic N) is 3. The lowest BCUT2D eigenvalue weighted by atomic mass is 9.65. The molecule has 2 bridgehead atoms. The van der Waals surface area contributed by atoms with Crippen LogP contribution in [0.2, 0.25) is 0 Å². The number of benzene rings is 1. The minimum absolute atomic E-state index is 0.0277. The summed E-state index contributed by atoms with van der Waals surface area (Å²) in [6.45, 7) is 7.62. The molecular weight excluding hydrogens is 394 g/mol. The number of allylic oxidation sites excluding steroid dienone is 2. The smallest absolute Gasteiger partial charge is 0.294 e. The summed E-state index contributed by atoms with van der Waals surface area (Å²) in [5.41, 5.74) is 1.23. The van der Waals surface area contributed by atoms with Crippen LogP contribution < -0.4 is 9.80 Å². The van der Waals surface area contributed by atoms with Gasteiger partial charge in [-0.3, -0.25) is 19.7 Å². The second kappa shape index (κ2) is 6.65. The molecule has 0 N–H and O–H groups in total. The molecular formula is C24H29N3O4. The van der Waals surface area contributed by atoms with Crippen molar-refractivity contribution in [1.82, 2.24) is 0 Å². The van der Waals surface area contributed by atoms with Crippen LogP contribution in [-0.2, 0) is 9.59 Å². The van der Waals surface area contributed by atoms with Crippen molar-refractivity contribution in [2.75, 3.05) is 16.3 Å². The van der Waals surface area contributed by atoms with Crippen LogP contribution >= 0.6 is 0 Å². The molecule has 2 aliphatic carbocycles. The summed E-state index contributed by atoms with van der Waals surface area (Å²) < 4.78 is 0. The highest BCUT2D eigenvalue weighted by Gasteiger charge is 2.51. The fraction of sp³-hybridized carbons (Fsp3) is 0.583. The minimum atomic E-state index is -0.381. The van der Waals surface area contributed by atoms with E-state index in [1.165, 1.54) is 11.0 Å². The molecule has 0 radical (unpaired) electrons. The van der Waals surface area contributed by atoms with E-state index in [0.29, 0.717) is 24.2 Å². The van der Waals surface area contributed by atoms with Gasteiger partial charge in [0.15, 0.2) is 0 Å². The third-order valence-electron chi connectivity index (χ3n) is 7.65. The molecule has 2 aliphatic heterocycles. The minimum Gasteiger partial charge on any atom is -0.362 e. The molecule has 0 aromatic heterocycles. The van der Waals surface area contributed by atoms with Gasteiger partial charge in [-0.25, -0.2) is 4.90 Å². The molecule has 3 fully saturated rings. The zero-order valence-electron chi connectivity index (χ0n) is 18.3. The lowest BCUT2D eigenvalue weighted by molar-refractivity contribution is -0.384. The molecule has 4 atom stereocenters. The summed E-state index contributed by atoms with van der Waals surface area (Å²) in [7, 11) is 0. The fourth-order valence-electron chi connectivity index (χ4n) is 6.84. The quantitative estimate of drug-likeness (QED) is 0.310. The first-order valence-corrected chi connectivity index (χ1v) is 11.2. The van der Waals surface area contributed by atoms with Crippen molar-refractivity contribution < 1.29 is 14.5 Å². The van der Waals surface area contributed by atoms with Crippen LogP contribution in [0.1, 0.15) is 52.9 Å². The number of fused-ring (bicyclic) bond motifs is 3. The Bertz CT molecular complexity index is 990. The summed E-state index contributed by atoms with van der Waals surface area (Å²) in [6, 6.07) is 5.14. The Morgan fingerprint density at radius 2 is 1.68 bits per heavy atom. The molecule has 2 heterocycles. The third kappa shape index (κ3) is 3.17. The second-order valence-electron chi connectivity index (χ2n) is 10.9. The maximum Gasteiger partial charge on any atom is 0.294 e. The maximum atomic E-state index is 12.9. The number of anilines is 2. The van der Waals surface area contributed by atoms with Crippen molar-refractivity contribution in [2.24, 2.45) is 22.7 Å². The molecule has 164 valence electrons. The Kier molecular flexibility index (Phi) is 4.33. The van der Waals surface area contributed by atoms with Crippen molar-refractivity contribution >= 4 is 28.9 Å². The van der Waals surface area contributed by atoms with E-state index in [0.717, 1.165) is 25.8 Å². The zero-order valence-corrected chi connectivity index (χ0v) is 18.3. The first-order chi connectivity index (χ1) is 14.6. The van der Waals surface area contributed by atoms with E-state index in [2.05, 4.69) is 25.7 Å². The van der Waals surface area contributed by atoms with Gasteiger partial charge in [-0.1, -0.05) is 32.9 Å². The summed E-state index contributed by atoms with van der Waals surface area (Å²) in [5.74, 6) is -1.19. The zero-order chi connectivity index (χ0) is 22.1. The number of carbonyl (C=O) groups excluding carboxylic acids is 2. The molecule has 5 rings (SSSR count). The van der Waals surface area contributed by atoms with Gasteiger partial charge in [-0.15, -0.1) is 0 Å². The lowest BCUT2D eigenvalue weighted by Crippen LogP contribution is -2.35. The van der Waals surface area contributed by atoms with E-state index >= 15 is 0 Å². The number of imide groups is 1. The predicted octanol–water partition coefficient (Wildman–Crippen LogP) is 4.46. The predicted molar refractivity (Wildman–Crippen MR) is 118 cm³/mol. The molecule has 2 amide bonds. The van der Waals surface area contributed by atoms with Crippen molar-refractivity contribution in [2.45, 2.75) is 58.9 Å². The first-order valence-electron chi connectivity index (χ1n) is 11.2. The van der Waals surface area contributed by atoms with Crippen LogP contribution in [0.5, 0.6) is 0 Å². The van der Waals surface area contributed by atoms with E-state index in [9.17, 15) is 19.7 Å². The monoisotopic (exact) mass is 423 g/mol. The van der Waals surface area contributed by atoms with E-state index in [1.54, 1.807) is 12.1 Å². The number of nitro groups is 1. The average Bonchev–Trinajstić information content (AvgIpc) is 3.10. The van der Waals surface area contributed by atoms with Crippen molar-refractivity contribution in [1.29, 1.82) is 0 Å². The fourth-order valence-corrected chi connectivity index (χ4v) is 6.84. The van der Waals surface area contributed by atoms with Gasteiger partial charge >= 0.3 is 0 Å². The van der Waals surface area contributed by atoms with E-state index in [4.69, 9.17) is 0 Å². The largest absolute Gasteiger partial charge is 0.362 e. The molecule has 4 aliphatic rings. The number of carbonyl (C=O) groups is 2. The molecule has 0 spiro atoms.